The molecule has 2 amide bonds. The summed E-state index contributed by atoms with van der Waals surface area (Å²) in [5.74, 6) is 0.769. The number of carbonyl (C=O) groups excluding carboxylic acids is 2. The number of piperazine rings is 1. The molecule has 2 aromatic carbocycles. The van der Waals surface area contributed by atoms with Crippen LogP contribution in [0.15, 0.2) is 53.4 Å². The molecule has 2 aliphatic rings. The minimum Gasteiger partial charge on any atom is -0.486 e. The third-order valence-corrected chi connectivity index (χ3v) is 7.28. The number of hydrogen-bond acceptors (Lipinski definition) is 6. The molecule has 0 aliphatic carbocycles. The van der Waals surface area contributed by atoms with Gasteiger partial charge in [-0.05, 0) is 24.3 Å². The largest absolute Gasteiger partial charge is 0.486 e. The van der Waals surface area contributed by atoms with E-state index in [2.05, 4.69) is 5.32 Å². The molecule has 170 valence electrons. The van der Waals surface area contributed by atoms with E-state index in [9.17, 15) is 18.0 Å². The summed E-state index contributed by atoms with van der Waals surface area (Å²) in [5, 5.41) is 2.76. The average Bonchev–Trinajstić information content (AvgIpc) is 2.83. The van der Waals surface area contributed by atoms with Crippen LogP contribution in [0.25, 0.3) is 0 Å². The fourth-order valence-electron chi connectivity index (χ4n) is 3.64. The van der Waals surface area contributed by atoms with Crippen LogP contribution in [0.2, 0.25) is 0 Å². The van der Waals surface area contributed by atoms with E-state index in [1.165, 1.54) is 4.31 Å². The first kappa shape index (κ1) is 22.1. The van der Waals surface area contributed by atoms with Crippen molar-refractivity contribution in [2.45, 2.75) is 17.7 Å². The van der Waals surface area contributed by atoms with E-state index < -0.39 is 10.0 Å². The van der Waals surface area contributed by atoms with Gasteiger partial charge in [0, 0.05) is 50.8 Å². The van der Waals surface area contributed by atoms with E-state index in [-0.39, 0.29) is 42.6 Å². The Kier molecular flexibility index (Phi) is 6.61. The van der Waals surface area contributed by atoms with Crippen molar-refractivity contribution in [2.75, 3.05) is 44.7 Å². The van der Waals surface area contributed by atoms with Crippen LogP contribution in [0, 0.1) is 0 Å². The van der Waals surface area contributed by atoms with Gasteiger partial charge in [-0.2, -0.15) is 4.31 Å². The van der Waals surface area contributed by atoms with Crippen molar-refractivity contribution in [2.24, 2.45) is 0 Å². The zero-order chi connectivity index (χ0) is 22.6. The van der Waals surface area contributed by atoms with Crippen molar-refractivity contribution in [3.8, 4) is 11.5 Å². The zero-order valence-electron chi connectivity index (χ0n) is 17.5. The van der Waals surface area contributed by atoms with Crippen molar-refractivity contribution < 1.29 is 27.5 Å². The van der Waals surface area contributed by atoms with Gasteiger partial charge in [-0.15, -0.1) is 0 Å². The van der Waals surface area contributed by atoms with Crippen LogP contribution in [-0.4, -0.2) is 68.8 Å². The van der Waals surface area contributed by atoms with E-state index in [0.717, 1.165) is 0 Å². The molecule has 0 atom stereocenters. The monoisotopic (exact) mass is 459 g/mol. The highest BCUT2D eigenvalue weighted by molar-refractivity contribution is 7.89. The number of fused-ring (bicyclic) bond motifs is 1. The van der Waals surface area contributed by atoms with Crippen LogP contribution < -0.4 is 14.8 Å². The van der Waals surface area contributed by atoms with E-state index >= 15 is 0 Å². The Bertz CT molecular complexity index is 1080. The second-order valence-electron chi connectivity index (χ2n) is 7.50. The summed E-state index contributed by atoms with van der Waals surface area (Å²) in [6.45, 7) is 2.01. The Morgan fingerprint density at radius 3 is 2.28 bits per heavy atom. The van der Waals surface area contributed by atoms with Crippen molar-refractivity contribution >= 4 is 27.5 Å². The van der Waals surface area contributed by atoms with Gasteiger partial charge in [0.2, 0.25) is 21.8 Å². The molecule has 0 spiro atoms. The topological polar surface area (TPSA) is 105 Å². The molecule has 0 aromatic heterocycles. The van der Waals surface area contributed by atoms with E-state index in [1.54, 1.807) is 53.4 Å². The summed E-state index contributed by atoms with van der Waals surface area (Å²) >= 11 is 0. The third-order valence-electron chi connectivity index (χ3n) is 5.36. The highest BCUT2D eigenvalue weighted by atomic mass is 32.2. The highest BCUT2D eigenvalue weighted by Crippen LogP contribution is 2.32. The van der Waals surface area contributed by atoms with Gasteiger partial charge in [-0.25, -0.2) is 8.42 Å². The molecule has 1 fully saturated rings. The summed E-state index contributed by atoms with van der Waals surface area (Å²) in [4.78, 5) is 26.6. The van der Waals surface area contributed by atoms with Gasteiger partial charge in [0.05, 0.1) is 4.90 Å². The lowest BCUT2D eigenvalue weighted by atomic mass is 10.2. The maximum atomic E-state index is 12.7. The van der Waals surface area contributed by atoms with Crippen molar-refractivity contribution in [3.63, 3.8) is 0 Å². The number of carbonyl (C=O) groups is 2. The van der Waals surface area contributed by atoms with Crippen LogP contribution >= 0.6 is 0 Å². The Morgan fingerprint density at radius 1 is 0.875 bits per heavy atom. The van der Waals surface area contributed by atoms with Crippen molar-refractivity contribution in [1.29, 1.82) is 0 Å². The molecule has 4 rings (SSSR count). The van der Waals surface area contributed by atoms with E-state index in [0.29, 0.717) is 43.5 Å². The predicted molar refractivity (Wildman–Crippen MR) is 117 cm³/mol. The Labute approximate surface area is 187 Å². The molecule has 0 unspecified atom stereocenters. The molecule has 1 N–H and O–H groups in total. The number of benzene rings is 2. The quantitative estimate of drug-likeness (QED) is 0.705. The molecule has 2 aliphatic heterocycles. The minimum absolute atomic E-state index is 0.0375. The third kappa shape index (κ3) is 5.03. The normalized spacial score (nSPS) is 16.4. The lowest BCUT2D eigenvalue weighted by Gasteiger charge is -2.34. The van der Waals surface area contributed by atoms with Gasteiger partial charge in [-0.3, -0.25) is 9.59 Å². The van der Waals surface area contributed by atoms with Crippen LogP contribution in [0.5, 0.6) is 11.5 Å². The Hall–Kier alpha value is -3.11. The first-order valence-electron chi connectivity index (χ1n) is 10.5. The standard InChI is InChI=1S/C22H25N3O6S/c26-21(23-17-6-7-19-20(16-17)31-15-14-30-19)8-9-22(27)24-10-12-25(13-11-24)32(28,29)18-4-2-1-3-5-18/h1-7,16H,8-15H2,(H,23,26). The molecule has 9 nitrogen and oxygen atoms in total. The maximum Gasteiger partial charge on any atom is 0.243 e. The van der Waals surface area contributed by atoms with Gasteiger partial charge in [0.15, 0.2) is 11.5 Å². The smallest absolute Gasteiger partial charge is 0.243 e. The molecule has 1 saturated heterocycles. The molecular weight excluding hydrogens is 434 g/mol. The minimum atomic E-state index is -3.57. The molecule has 2 heterocycles. The summed E-state index contributed by atoms with van der Waals surface area (Å²) in [5.41, 5.74) is 0.575. The second kappa shape index (κ2) is 9.58. The molecule has 2 aromatic rings. The van der Waals surface area contributed by atoms with E-state index in [1.807, 2.05) is 0 Å². The first-order chi connectivity index (χ1) is 15.4. The molecule has 0 bridgehead atoms. The fraction of sp³-hybridized carbons (Fsp3) is 0.364. The lowest BCUT2D eigenvalue weighted by Crippen LogP contribution is -2.50. The number of nitrogens with zero attached hydrogens (tertiary/aromatic N) is 2. The summed E-state index contributed by atoms with van der Waals surface area (Å²) < 4.78 is 37.7. The molecule has 32 heavy (non-hydrogen) atoms. The molecule has 0 radical (unpaired) electrons. The number of rotatable bonds is 6. The zero-order valence-corrected chi connectivity index (χ0v) is 18.3. The summed E-state index contributed by atoms with van der Waals surface area (Å²) in [6, 6.07) is 13.4. The molecule has 10 heteroatoms. The second-order valence-corrected chi connectivity index (χ2v) is 9.44. The number of nitrogens with one attached hydrogen (secondary N) is 1. The van der Waals surface area contributed by atoms with Crippen LogP contribution in [-0.2, 0) is 19.6 Å². The number of amides is 2. The van der Waals surface area contributed by atoms with Gasteiger partial charge in [0.25, 0.3) is 0 Å². The first-order valence-corrected chi connectivity index (χ1v) is 11.9. The van der Waals surface area contributed by atoms with Gasteiger partial charge < -0.3 is 19.7 Å². The van der Waals surface area contributed by atoms with Crippen molar-refractivity contribution in [1.82, 2.24) is 9.21 Å². The van der Waals surface area contributed by atoms with Gasteiger partial charge >= 0.3 is 0 Å². The Morgan fingerprint density at radius 2 is 1.56 bits per heavy atom. The number of ether oxygens (including phenoxy) is 2. The highest BCUT2D eigenvalue weighted by Gasteiger charge is 2.30. The number of anilines is 1. The van der Waals surface area contributed by atoms with E-state index in [4.69, 9.17) is 9.47 Å². The maximum absolute atomic E-state index is 12.7. The fourth-order valence-corrected chi connectivity index (χ4v) is 5.09. The summed E-state index contributed by atoms with van der Waals surface area (Å²) in [6.07, 6.45) is 0.0949. The number of sulfonamides is 1. The van der Waals surface area contributed by atoms with Crippen LogP contribution in [0.1, 0.15) is 12.8 Å². The Balaban J connectivity index is 1.24. The van der Waals surface area contributed by atoms with Crippen LogP contribution in [0.3, 0.4) is 0 Å². The van der Waals surface area contributed by atoms with Crippen LogP contribution in [0.4, 0.5) is 5.69 Å². The number of hydrogen-bond donors (Lipinski definition) is 1. The van der Waals surface area contributed by atoms with Gasteiger partial charge in [0.1, 0.15) is 13.2 Å². The lowest BCUT2D eigenvalue weighted by molar-refractivity contribution is -0.133. The summed E-state index contributed by atoms with van der Waals surface area (Å²) in [7, 11) is -3.57. The van der Waals surface area contributed by atoms with Crippen molar-refractivity contribution in [3.05, 3.63) is 48.5 Å². The predicted octanol–water partition coefficient (Wildman–Crippen LogP) is 1.71. The molecular formula is C22H25N3O6S. The SMILES string of the molecule is O=C(CCC(=O)N1CCN(S(=O)(=O)c2ccccc2)CC1)Nc1ccc2c(c1)OCCO2. The average molecular weight is 460 g/mol. The van der Waals surface area contributed by atoms with Gasteiger partial charge in [-0.1, -0.05) is 18.2 Å². The molecule has 0 saturated carbocycles.